The monoisotopic (exact) mass is 1560 g/mol. The quantitative estimate of drug-likeness (QED) is 0.0532. The molecular weight excluding hydrogens is 1480 g/mol. The van der Waals surface area contributed by atoms with Crippen molar-refractivity contribution in [1.82, 2.24) is 29.9 Å². The summed E-state index contributed by atoms with van der Waals surface area (Å²) in [5.74, 6) is -4.16. The van der Waals surface area contributed by atoms with E-state index in [1.165, 1.54) is 6.07 Å². The van der Waals surface area contributed by atoms with E-state index in [-0.39, 0.29) is 33.6 Å². The normalized spacial score (nSPS) is 16.8. The van der Waals surface area contributed by atoms with Gasteiger partial charge in [-0.2, -0.15) is 21.6 Å². The van der Waals surface area contributed by atoms with Crippen molar-refractivity contribution in [3.05, 3.63) is 243 Å². The van der Waals surface area contributed by atoms with Crippen LogP contribution in [-0.4, -0.2) is 111 Å². The molecule has 10 aromatic carbocycles. The van der Waals surface area contributed by atoms with E-state index in [9.17, 15) is 30.4 Å². The molecule has 0 N–H and O–H groups in total. The lowest BCUT2D eigenvalue weighted by Gasteiger charge is -2.32. The predicted molar refractivity (Wildman–Crippen MR) is 436 cm³/mol. The Morgan fingerprint density at radius 2 is 0.623 bits per heavy atom. The van der Waals surface area contributed by atoms with Crippen LogP contribution in [0, 0.1) is 0 Å². The molecule has 0 radical (unpaired) electrons. The van der Waals surface area contributed by atoms with Gasteiger partial charge in [0.1, 0.15) is 23.2 Å². The lowest BCUT2D eigenvalue weighted by Crippen LogP contribution is -2.41. The predicted octanol–water partition coefficient (Wildman–Crippen LogP) is 20.7. The van der Waals surface area contributed by atoms with Gasteiger partial charge in [0.25, 0.3) is 5.92 Å². The third kappa shape index (κ3) is 16.1. The molecule has 17 rings (SSSR count). The number of alkyl halides is 5. The van der Waals surface area contributed by atoms with E-state index in [1.807, 2.05) is 195 Å². The van der Waals surface area contributed by atoms with Crippen LogP contribution >= 0.6 is 0 Å². The Labute approximate surface area is 658 Å². The molecule has 0 bridgehead atoms. The van der Waals surface area contributed by atoms with E-state index in [2.05, 4.69) is 75.1 Å². The molecule has 17 nitrogen and oxygen atoms in total. The summed E-state index contributed by atoms with van der Waals surface area (Å²) in [6.45, 7) is 24.5. The summed E-state index contributed by atoms with van der Waals surface area (Å²) in [4.78, 5) is 28.7. The molecule has 0 unspecified atom stereocenters. The lowest BCUT2D eigenvalue weighted by molar-refractivity contribution is -0.181. The van der Waals surface area contributed by atoms with E-state index in [4.69, 9.17) is 65.9 Å². The molecule has 0 atom stereocenters. The van der Waals surface area contributed by atoms with Gasteiger partial charge in [0.15, 0.2) is 52.0 Å². The second-order valence-corrected chi connectivity index (χ2v) is 33.0. The maximum absolute atomic E-state index is 14.3. The van der Waals surface area contributed by atoms with Crippen LogP contribution in [0.1, 0.15) is 89.5 Å². The number of rotatable bonds is 15. The van der Waals surface area contributed by atoms with Crippen molar-refractivity contribution in [3.63, 3.8) is 0 Å². The van der Waals surface area contributed by atoms with Crippen molar-refractivity contribution in [2.75, 3.05) is 5.75 Å². The zero-order chi connectivity index (χ0) is 80.5. The number of benzene rings is 10. The topological polar surface area (TPSA) is 202 Å². The Morgan fingerprint density at radius 3 is 0.982 bits per heavy atom. The summed E-state index contributed by atoms with van der Waals surface area (Å²) in [6, 6.07) is 76.0. The molecule has 4 aromatic heterocycles. The van der Waals surface area contributed by atoms with Gasteiger partial charge in [0.2, 0.25) is 0 Å². The van der Waals surface area contributed by atoms with Gasteiger partial charge in [-0.3, -0.25) is 0 Å². The molecule has 3 aliphatic heterocycles. The first-order chi connectivity index (χ1) is 54.0. The smallest absolute Gasteiger partial charge is 0.456 e. The van der Waals surface area contributed by atoms with Crippen LogP contribution in [0.4, 0.5) is 22.0 Å². The number of hydrogen-bond donors (Lipinski definition) is 0. The van der Waals surface area contributed by atoms with Crippen molar-refractivity contribution in [3.8, 4) is 96.3 Å². The summed E-state index contributed by atoms with van der Waals surface area (Å²) in [6.07, 6.45) is -7.92. The van der Waals surface area contributed by atoms with Gasteiger partial charge in [0, 0.05) is 66.0 Å². The highest BCUT2D eigenvalue weighted by Gasteiger charge is 2.64. The maximum atomic E-state index is 14.3. The molecule has 0 saturated carbocycles. The van der Waals surface area contributed by atoms with Crippen LogP contribution in [-0.2, 0) is 38.0 Å². The van der Waals surface area contributed by atoms with Gasteiger partial charge in [-0.25, -0.2) is 38.7 Å². The van der Waals surface area contributed by atoms with E-state index in [0.29, 0.717) is 62.4 Å². The number of furan rings is 2. The molecular formula is C88H80B3F5N6O11S. The van der Waals surface area contributed by atoms with Crippen molar-refractivity contribution < 1.29 is 71.3 Å². The highest BCUT2D eigenvalue weighted by Crippen LogP contribution is 2.47. The van der Waals surface area contributed by atoms with Gasteiger partial charge >= 0.3 is 37.4 Å². The number of hydrogen-bond acceptors (Lipinski definition) is 17. The lowest BCUT2D eigenvalue weighted by atomic mass is 9.49. The van der Waals surface area contributed by atoms with E-state index in [0.717, 1.165) is 66.3 Å². The van der Waals surface area contributed by atoms with Crippen LogP contribution in [0.5, 0.6) is 5.75 Å². The Morgan fingerprint density at radius 1 is 0.333 bits per heavy atom. The fourth-order valence-corrected chi connectivity index (χ4v) is 14.7. The summed E-state index contributed by atoms with van der Waals surface area (Å²) in [7, 11) is -6.83. The van der Waals surface area contributed by atoms with Crippen molar-refractivity contribution in [2.24, 2.45) is 0 Å². The third-order valence-electron chi connectivity index (χ3n) is 21.7. The van der Waals surface area contributed by atoms with Crippen molar-refractivity contribution in [2.45, 2.75) is 135 Å². The van der Waals surface area contributed by atoms with Crippen LogP contribution in [0.2, 0.25) is 0 Å². The average molecular weight is 1560 g/mol. The minimum atomic E-state index is -5.30. The molecule has 578 valence electrons. The molecule has 0 amide bonds. The fourth-order valence-electron chi connectivity index (χ4n) is 13.6. The van der Waals surface area contributed by atoms with Crippen LogP contribution < -0.4 is 9.65 Å². The number of halogens is 5. The number of aromatic nitrogens is 6. The third-order valence-corrected chi connectivity index (χ3v) is 22.9. The molecule has 3 saturated heterocycles. The van der Waals surface area contributed by atoms with Crippen molar-refractivity contribution >= 4 is 80.6 Å². The van der Waals surface area contributed by atoms with Crippen LogP contribution in [0.3, 0.4) is 0 Å². The van der Waals surface area contributed by atoms with Gasteiger partial charge < -0.3 is 40.9 Å². The van der Waals surface area contributed by atoms with E-state index in [1.54, 1.807) is 54.6 Å². The number of fused-ring (bicyclic) bond motifs is 6. The Balaban J connectivity index is 0.000000148. The first-order valence-electron chi connectivity index (χ1n) is 37.3. The van der Waals surface area contributed by atoms with Gasteiger partial charge in [-0.05, 0) is 130 Å². The first kappa shape index (κ1) is 78.4. The molecule has 114 heavy (non-hydrogen) atoms. The van der Waals surface area contributed by atoms with E-state index >= 15 is 0 Å². The molecule has 3 fully saturated rings. The molecule has 0 aliphatic carbocycles. The number of para-hydroxylation sites is 2. The minimum Gasteiger partial charge on any atom is -0.456 e. The second kappa shape index (κ2) is 29.9. The van der Waals surface area contributed by atoms with Gasteiger partial charge in [0.05, 0.1) is 33.6 Å². The molecule has 0 spiro atoms. The maximum Gasteiger partial charge on any atom is 0.499 e. The molecule has 14 aromatic rings. The number of nitrogens with zero attached hydrogens (tertiary/aromatic N) is 6. The van der Waals surface area contributed by atoms with Gasteiger partial charge in [-0.15, -0.1) is 0 Å². The average Bonchev–Trinajstić information content (AvgIpc) is 1.57. The highest BCUT2D eigenvalue weighted by molar-refractivity contribution is 7.87. The largest absolute Gasteiger partial charge is 0.499 e. The Bertz CT molecular complexity index is 5810. The zero-order valence-corrected chi connectivity index (χ0v) is 65.5. The Hall–Kier alpha value is -10.8. The first-order valence-corrected chi connectivity index (χ1v) is 38.8. The highest BCUT2D eigenvalue weighted by atomic mass is 32.2. The van der Waals surface area contributed by atoms with Crippen molar-refractivity contribution in [1.29, 1.82) is 0 Å². The molecule has 26 heteroatoms. The van der Waals surface area contributed by atoms with Gasteiger partial charge in [-0.1, -0.05) is 212 Å². The zero-order valence-electron chi connectivity index (χ0n) is 64.7. The summed E-state index contributed by atoms with van der Waals surface area (Å²) >= 11 is 0. The SMILES string of the molecule is CC1(C)OB(B2OC(C)(C)C(C)(C)O2)OC1(C)C.CC1(C)OB(c2c(-c3ccc(-c4nc(-c5ccccc5)nc(-c5ccccc5)n4)cc3)ccc3c2oc2ccccc23)OC1(C)C.O=S(=O)(CC(F)(F)CC(F)(F)F)Oc1c(-c2ccc(-c3nc(-c4ccccc4)nc(-c4ccccc4)n3)cc2)ccc2c1oc1ccccc12. The summed E-state index contributed by atoms with van der Waals surface area (Å²) < 4.78 is 148. The second-order valence-electron chi connectivity index (χ2n) is 31.4. The van der Waals surface area contributed by atoms with Crippen LogP contribution in [0.25, 0.3) is 134 Å². The summed E-state index contributed by atoms with van der Waals surface area (Å²) in [5.41, 5.74) is 7.75. The Kier molecular flexibility index (Phi) is 20.5. The summed E-state index contributed by atoms with van der Waals surface area (Å²) in [5, 5.41) is 3.11. The van der Waals surface area contributed by atoms with Crippen LogP contribution in [0.15, 0.2) is 251 Å². The minimum absolute atomic E-state index is 0.0760. The van der Waals surface area contributed by atoms with E-state index < -0.39 is 72.5 Å². The molecule has 7 heterocycles. The standard InChI is InChI=1S/C39H32BN3O3.C37H24F5N3O4S.C12H24B2O4/c1-38(2)39(3,4)46-40(45-38)33-29(23-24-31-30-17-11-12-18-32(30)44-34(31)33)25-19-21-28(22-20-25)37-42-35(26-13-7-5-8-14-26)41-36(43-37)27-15-9-6-10-16-27;38-36(39,21-37(40,41)42)22-50(46,47)49-32-27(19-20-29-28-13-7-8-14-30(28)48-31(29)32)23-15-17-26(18-16-23)35-44-33(24-9-3-1-4-10-24)43-34(45-35)25-11-5-2-6-12-25;1-9(2)10(3,4)16-13(15-9)14-17-11(5,6)12(7,8)18-14/h5-24H,1-4H3;1-20H,21-22H2;1-8H3. The molecule has 3 aliphatic rings. The fraction of sp³-hybridized carbons (Fsp3) is 0.250.